The molecule has 16 heteroatoms. The zero-order chi connectivity index (χ0) is 31.7. The number of carbonyl (C=O) groups is 4. The molecule has 0 aromatic heterocycles. The molecule has 48 heavy (non-hydrogen) atoms. The molecule has 0 aliphatic heterocycles. The van der Waals surface area contributed by atoms with Gasteiger partial charge in [0, 0.05) is 10.8 Å². The summed E-state index contributed by atoms with van der Waals surface area (Å²) in [7, 11) is 0. The molecule has 0 heterocycles. The van der Waals surface area contributed by atoms with Gasteiger partial charge in [-0.2, -0.15) is 0 Å². The van der Waals surface area contributed by atoms with Crippen molar-refractivity contribution < 1.29 is 168 Å². The smallest absolute Gasteiger partial charge is 0.858 e. The van der Waals surface area contributed by atoms with Crippen LogP contribution < -0.4 is 139 Å². The van der Waals surface area contributed by atoms with E-state index in [9.17, 15) is 49.8 Å². The zero-order valence-corrected chi connectivity index (χ0v) is 34.1. The first-order valence-corrected chi connectivity index (χ1v) is 12.6. The van der Waals surface area contributed by atoms with Crippen LogP contribution in [0.5, 0.6) is 0 Å². The van der Waals surface area contributed by atoms with E-state index in [1.54, 1.807) is 0 Å². The van der Waals surface area contributed by atoms with Crippen LogP contribution in [-0.4, -0.2) is 45.9 Å². The van der Waals surface area contributed by atoms with E-state index in [1.165, 1.54) is 72.8 Å². The molecule has 2 N–H and O–H groups in total. The van der Waals surface area contributed by atoms with Gasteiger partial charge in [0.15, 0.2) is 0 Å². The summed E-state index contributed by atoms with van der Waals surface area (Å²) in [5, 5.41) is 69.1. The van der Waals surface area contributed by atoms with Gasteiger partial charge in [-0.15, -0.1) is 0 Å². The number of nitrogens with zero attached hydrogens (tertiary/aromatic N) is 2. The average molecular weight is 680 g/mol. The molecule has 0 unspecified atom stereocenters. The Morgan fingerprint density at radius 1 is 0.458 bits per heavy atom. The van der Waals surface area contributed by atoms with Gasteiger partial charge in [0.05, 0.1) is 34.4 Å². The Morgan fingerprint density at radius 2 is 0.833 bits per heavy atom. The second-order valence-electron chi connectivity index (χ2n) is 9.46. The van der Waals surface area contributed by atoms with Crippen molar-refractivity contribution in [2.24, 2.45) is 9.98 Å². The first kappa shape index (κ1) is 43.5. The summed E-state index contributed by atoms with van der Waals surface area (Å²) in [5.74, 6) is -7.36. The van der Waals surface area contributed by atoms with Crippen LogP contribution in [0.15, 0.2) is 94.9 Å². The molecule has 0 amide bonds. The van der Waals surface area contributed by atoms with Crippen LogP contribution >= 0.6 is 0 Å². The van der Waals surface area contributed by atoms with Crippen LogP contribution in [0.3, 0.4) is 0 Å². The van der Waals surface area contributed by atoms with Crippen LogP contribution in [0.4, 0.5) is 11.4 Å². The maximum atomic E-state index is 13.2. The molecule has 5 aromatic rings. The summed E-state index contributed by atoms with van der Waals surface area (Å²) in [5.41, 5.74) is -1.30. The van der Waals surface area contributed by atoms with E-state index in [0.29, 0.717) is 10.8 Å². The number of aromatic carboxylic acids is 4. The Morgan fingerprint density at radius 3 is 1.17 bits per heavy atom. The van der Waals surface area contributed by atoms with Crippen LogP contribution in [-0.2, 0) is 0 Å². The molecule has 0 fully saturated rings. The second kappa shape index (κ2) is 18.4. The van der Waals surface area contributed by atoms with E-state index < -0.39 is 35.7 Å². The molecule has 0 saturated heterocycles. The van der Waals surface area contributed by atoms with Crippen molar-refractivity contribution in [3.8, 4) is 0 Å². The molecule has 0 atom stereocenters. The van der Waals surface area contributed by atoms with E-state index >= 15 is 0 Å². The van der Waals surface area contributed by atoms with Gasteiger partial charge < -0.3 is 40.2 Å². The van der Waals surface area contributed by atoms with Gasteiger partial charge in [-0.1, -0.05) is 42.5 Å². The second-order valence-corrected chi connectivity index (χ2v) is 9.46. The minimum atomic E-state index is -1.49. The topological polar surface area (TPSA) is 226 Å². The van der Waals surface area contributed by atoms with E-state index in [0.717, 1.165) is 12.1 Å². The fourth-order valence-electron chi connectivity index (χ4n) is 4.50. The van der Waals surface area contributed by atoms with Gasteiger partial charge in [-0.05, 0) is 87.3 Å². The van der Waals surface area contributed by atoms with Crippen molar-refractivity contribution in [3.63, 3.8) is 0 Å². The van der Waals surface area contributed by atoms with Gasteiger partial charge in [0.25, 0.3) is 0 Å². The molecule has 0 bridgehead atoms. The quantitative estimate of drug-likeness (QED) is 0.0894. The van der Waals surface area contributed by atoms with Crippen molar-refractivity contribution in [3.05, 3.63) is 118 Å². The third kappa shape index (κ3) is 9.78. The molecule has 218 valence electrons. The first-order chi connectivity index (χ1) is 20.9. The number of fused-ring (bicyclic) bond motifs is 2. The van der Waals surface area contributed by atoms with E-state index in [1.807, 2.05) is 0 Å². The van der Waals surface area contributed by atoms with Crippen molar-refractivity contribution in [1.82, 2.24) is 0 Å². The summed E-state index contributed by atoms with van der Waals surface area (Å²) in [6, 6.07) is 17.6. The van der Waals surface area contributed by atoms with Gasteiger partial charge in [-0.3, -0.25) is 9.98 Å². The van der Waals surface area contributed by atoms with Crippen LogP contribution in [0.2, 0.25) is 0 Å². The van der Waals surface area contributed by atoms with Crippen LogP contribution in [0, 0.1) is 0 Å². The van der Waals surface area contributed by atoms with Crippen molar-refractivity contribution >= 4 is 68.6 Å². The maximum Gasteiger partial charge on any atom is 1.00 e. The van der Waals surface area contributed by atoms with Gasteiger partial charge in [-0.25, -0.2) is 9.59 Å². The Balaban J connectivity index is 0.00000288. The molecular formula is C32H16N2Na4O10. The Hall–Kier alpha value is -2.56. The monoisotopic (exact) mass is 680 g/mol. The Bertz CT molecular complexity index is 1990. The Kier molecular flexibility index (Phi) is 16.7. The predicted octanol–water partition coefficient (Wildman–Crippen LogP) is -11.0. The molecule has 0 spiro atoms. The van der Waals surface area contributed by atoms with Crippen LogP contribution in [0.1, 0.15) is 52.6 Å². The first-order valence-electron chi connectivity index (χ1n) is 12.6. The van der Waals surface area contributed by atoms with Crippen molar-refractivity contribution in [1.29, 1.82) is 0 Å². The molecule has 0 aliphatic rings. The van der Waals surface area contributed by atoms with Crippen LogP contribution in [0.25, 0.3) is 21.5 Å². The van der Waals surface area contributed by atoms with E-state index in [-0.39, 0.29) is 174 Å². The number of hydrogen-bond donors (Lipinski definition) is 2. The van der Waals surface area contributed by atoms with Crippen molar-refractivity contribution in [2.45, 2.75) is 0 Å². The number of rotatable bonds is 8. The third-order valence-corrected chi connectivity index (χ3v) is 6.63. The van der Waals surface area contributed by atoms with Gasteiger partial charge in [0.2, 0.25) is 0 Å². The average Bonchev–Trinajstić information content (AvgIpc) is 3.00. The minimum absolute atomic E-state index is 0. The maximum absolute atomic E-state index is 13.2. The van der Waals surface area contributed by atoms with Crippen molar-refractivity contribution in [2.75, 3.05) is 0 Å². The fourth-order valence-corrected chi connectivity index (χ4v) is 4.50. The Labute approximate surface area is 360 Å². The fraction of sp³-hybridized carbons (Fsp3) is 0. The molecular weight excluding hydrogens is 664 g/mol. The molecule has 5 aromatic carbocycles. The molecule has 0 aliphatic carbocycles. The number of carboxylic acids is 4. The third-order valence-electron chi connectivity index (χ3n) is 6.63. The van der Waals surface area contributed by atoms with Gasteiger partial charge >= 0.3 is 130 Å². The summed E-state index contributed by atoms with van der Waals surface area (Å²) in [4.78, 5) is 54.0. The number of hydrogen-bond acceptors (Lipinski definition) is 10. The number of carbonyl (C=O) groups excluding carboxylic acids is 2. The van der Waals surface area contributed by atoms with Gasteiger partial charge in [0.1, 0.15) is 0 Å². The SMILES string of the molecule is O=C([O-])c1ccc2cc(C(=O)O)cc(N=C([O-])c3cccc(C([O-])=Nc4cc(C(=O)O)cc5ccc(C(=O)[O-])cc45)c3)c2c1.[Na+].[Na+].[Na+].[Na+]. The zero-order valence-electron chi connectivity index (χ0n) is 26.1. The standard InChI is InChI=1S/C32H20N2O10.4Na/c35-27(33-25-13-21(31(41)42)8-15-4-6-19(29(37)38)11-23(15)25)17-2-1-3-18(10-17)28(36)34-26-14-22(32(43)44)9-16-5-7-20(30(39)40)12-24(16)26;;;;/h1-14H,(H,33,35)(H,34,36)(H,37,38)(H,39,40)(H,41,42)(H,43,44);;;;/q;4*+1/p-4. The summed E-state index contributed by atoms with van der Waals surface area (Å²) >= 11 is 0. The van der Waals surface area contributed by atoms with E-state index in [4.69, 9.17) is 0 Å². The molecule has 5 rings (SSSR count). The normalized spacial score (nSPS) is 10.9. The molecule has 0 saturated carbocycles. The number of aliphatic imine (C=N–C) groups is 2. The molecule has 12 nitrogen and oxygen atoms in total. The number of carboxylic acid groups (broad SMARTS) is 4. The summed E-state index contributed by atoms with van der Waals surface area (Å²) in [6.45, 7) is 0. The summed E-state index contributed by atoms with van der Waals surface area (Å²) in [6.07, 6.45) is 0. The largest absolute Gasteiger partial charge is 1.00 e. The number of benzene rings is 5. The van der Waals surface area contributed by atoms with E-state index in [2.05, 4.69) is 9.98 Å². The molecule has 0 radical (unpaired) electrons. The summed E-state index contributed by atoms with van der Waals surface area (Å²) < 4.78 is 0. The minimum Gasteiger partial charge on any atom is -0.858 e. The predicted molar refractivity (Wildman–Crippen MR) is 149 cm³/mol.